The average Bonchev–Trinajstić information content (AvgIpc) is 2.57. The standard InChI is InChI=1S/C17H16ClN3O2/c1-3-13-15(19-12-8-6-11(18)7-9-12)20-16-14(23-2)5-4-10-21(16)17(13)22/h4-10,19H,3H2,1-2H3. The lowest BCUT2D eigenvalue weighted by Gasteiger charge is -2.13. The van der Waals surface area contributed by atoms with Gasteiger partial charge >= 0.3 is 0 Å². The third-order valence-corrected chi connectivity index (χ3v) is 3.84. The van der Waals surface area contributed by atoms with Crippen molar-refractivity contribution >= 4 is 28.8 Å². The van der Waals surface area contributed by atoms with Crippen LogP contribution in [0.4, 0.5) is 11.5 Å². The van der Waals surface area contributed by atoms with Gasteiger partial charge in [-0.3, -0.25) is 9.20 Å². The second-order valence-electron chi connectivity index (χ2n) is 5.00. The van der Waals surface area contributed by atoms with Crippen LogP contribution in [0.25, 0.3) is 5.65 Å². The van der Waals surface area contributed by atoms with Gasteiger partial charge < -0.3 is 10.1 Å². The minimum Gasteiger partial charge on any atom is -0.493 e. The fraction of sp³-hybridized carbons (Fsp3) is 0.176. The molecule has 1 aromatic carbocycles. The van der Waals surface area contributed by atoms with Crippen molar-refractivity contribution in [1.29, 1.82) is 0 Å². The zero-order valence-corrected chi connectivity index (χ0v) is 13.6. The Morgan fingerprint density at radius 2 is 2.00 bits per heavy atom. The zero-order valence-electron chi connectivity index (χ0n) is 12.8. The van der Waals surface area contributed by atoms with Crippen molar-refractivity contribution in [2.24, 2.45) is 0 Å². The Balaban J connectivity index is 2.18. The Morgan fingerprint density at radius 1 is 1.26 bits per heavy atom. The maximum absolute atomic E-state index is 12.7. The summed E-state index contributed by atoms with van der Waals surface area (Å²) >= 11 is 5.90. The van der Waals surface area contributed by atoms with Crippen molar-refractivity contribution in [3.05, 3.63) is 63.5 Å². The molecular formula is C17H16ClN3O2. The molecule has 0 fully saturated rings. The molecule has 0 unspecified atom stereocenters. The number of pyridine rings is 1. The number of ether oxygens (including phenoxy) is 1. The molecule has 0 aliphatic heterocycles. The summed E-state index contributed by atoms with van der Waals surface area (Å²) in [6.07, 6.45) is 2.26. The van der Waals surface area contributed by atoms with Crippen LogP contribution >= 0.6 is 11.6 Å². The summed E-state index contributed by atoms with van der Waals surface area (Å²) in [7, 11) is 1.56. The topological polar surface area (TPSA) is 55.6 Å². The van der Waals surface area contributed by atoms with Gasteiger partial charge in [0.1, 0.15) is 5.82 Å². The molecule has 0 aliphatic carbocycles. The number of aromatic nitrogens is 2. The van der Waals surface area contributed by atoms with Gasteiger partial charge in [0.15, 0.2) is 11.4 Å². The monoisotopic (exact) mass is 329 g/mol. The highest BCUT2D eigenvalue weighted by Gasteiger charge is 2.14. The van der Waals surface area contributed by atoms with Gasteiger partial charge in [0, 0.05) is 16.9 Å². The molecule has 0 radical (unpaired) electrons. The normalized spacial score (nSPS) is 10.7. The van der Waals surface area contributed by atoms with E-state index in [2.05, 4.69) is 10.3 Å². The van der Waals surface area contributed by atoms with Crippen molar-refractivity contribution in [3.8, 4) is 5.75 Å². The zero-order chi connectivity index (χ0) is 16.4. The first kappa shape index (κ1) is 15.4. The van der Waals surface area contributed by atoms with E-state index < -0.39 is 0 Å². The molecule has 0 amide bonds. The number of methoxy groups -OCH3 is 1. The van der Waals surface area contributed by atoms with Crippen molar-refractivity contribution in [1.82, 2.24) is 9.38 Å². The molecule has 0 aliphatic rings. The van der Waals surface area contributed by atoms with Gasteiger partial charge in [-0.1, -0.05) is 18.5 Å². The van der Waals surface area contributed by atoms with Gasteiger partial charge in [-0.15, -0.1) is 0 Å². The highest BCUT2D eigenvalue weighted by atomic mass is 35.5. The molecule has 3 aromatic rings. The number of halogens is 1. The van der Waals surface area contributed by atoms with E-state index in [0.717, 1.165) is 5.69 Å². The third kappa shape index (κ3) is 2.87. The van der Waals surface area contributed by atoms with Crippen molar-refractivity contribution in [2.75, 3.05) is 12.4 Å². The van der Waals surface area contributed by atoms with Gasteiger partial charge in [-0.2, -0.15) is 0 Å². The first-order chi connectivity index (χ1) is 11.1. The number of anilines is 2. The molecule has 118 valence electrons. The van der Waals surface area contributed by atoms with E-state index in [1.807, 2.05) is 19.1 Å². The van der Waals surface area contributed by atoms with Crippen LogP contribution in [0.3, 0.4) is 0 Å². The van der Waals surface area contributed by atoms with E-state index in [-0.39, 0.29) is 5.56 Å². The predicted molar refractivity (Wildman–Crippen MR) is 92.1 cm³/mol. The van der Waals surface area contributed by atoms with Crippen molar-refractivity contribution in [3.63, 3.8) is 0 Å². The SMILES string of the molecule is CCc1c(Nc2ccc(Cl)cc2)nc2c(OC)cccn2c1=O. The van der Waals surface area contributed by atoms with Crippen molar-refractivity contribution in [2.45, 2.75) is 13.3 Å². The lowest BCUT2D eigenvalue weighted by atomic mass is 10.2. The fourth-order valence-corrected chi connectivity index (χ4v) is 2.55. The van der Waals surface area contributed by atoms with E-state index in [9.17, 15) is 4.79 Å². The van der Waals surface area contributed by atoms with E-state index >= 15 is 0 Å². The van der Waals surface area contributed by atoms with Crippen LogP contribution in [-0.2, 0) is 6.42 Å². The van der Waals surface area contributed by atoms with Gasteiger partial charge in [0.25, 0.3) is 5.56 Å². The van der Waals surface area contributed by atoms with Crippen LogP contribution in [0.15, 0.2) is 47.4 Å². The van der Waals surface area contributed by atoms with E-state index in [4.69, 9.17) is 16.3 Å². The third-order valence-electron chi connectivity index (χ3n) is 3.59. The maximum atomic E-state index is 12.7. The average molecular weight is 330 g/mol. The molecular weight excluding hydrogens is 314 g/mol. The Bertz CT molecular complexity index is 904. The molecule has 1 N–H and O–H groups in total. The Kier molecular flexibility index (Phi) is 4.21. The van der Waals surface area contributed by atoms with Crippen molar-refractivity contribution < 1.29 is 4.74 Å². The summed E-state index contributed by atoms with van der Waals surface area (Å²) in [5.41, 5.74) is 1.81. The van der Waals surface area contributed by atoms with Crippen LogP contribution in [0.5, 0.6) is 5.75 Å². The maximum Gasteiger partial charge on any atom is 0.263 e. The molecule has 0 saturated heterocycles. The molecule has 2 aromatic heterocycles. The fourth-order valence-electron chi connectivity index (χ4n) is 2.42. The number of nitrogens with zero attached hydrogens (tertiary/aromatic N) is 2. The first-order valence-corrected chi connectivity index (χ1v) is 7.62. The lowest BCUT2D eigenvalue weighted by molar-refractivity contribution is 0.416. The lowest BCUT2D eigenvalue weighted by Crippen LogP contribution is -2.21. The Hall–Kier alpha value is -2.53. The summed E-state index contributed by atoms with van der Waals surface area (Å²) in [6.45, 7) is 1.93. The molecule has 0 bridgehead atoms. The second-order valence-corrected chi connectivity index (χ2v) is 5.44. The number of hydrogen-bond acceptors (Lipinski definition) is 4. The molecule has 2 heterocycles. The Morgan fingerprint density at radius 3 is 2.65 bits per heavy atom. The van der Waals surface area contributed by atoms with E-state index in [0.29, 0.717) is 34.2 Å². The van der Waals surface area contributed by atoms with Crippen LogP contribution < -0.4 is 15.6 Å². The van der Waals surface area contributed by atoms with Crippen LogP contribution in [0, 0.1) is 0 Å². The molecule has 23 heavy (non-hydrogen) atoms. The number of nitrogens with one attached hydrogen (secondary N) is 1. The first-order valence-electron chi connectivity index (χ1n) is 7.25. The second kappa shape index (κ2) is 6.30. The summed E-state index contributed by atoms with van der Waals surface area (Å²) in [4.78, 5) is 17.3. The van der Waals surface area contributed by atoms with E-state index in [1.165, 1.54) is 4.40 Å². The minimum absolute atomic E-state index is 0.104. The summed E-state index contributed by atoms with van der Waals surface area (Å²) < 4.78 is 6.81. The molecule has 0 spiro atoms. The summed E-state index contributed by atoms with van der Waals surface area (Å²) in [6, 6.07) is 10.8. The highest BCUT2D eigenvalue weighted by Crippen LogP contribution is 2.23. The largest absolute Gasteiger partial charge is 0.493 e. The highest BCUT2D eigenvalue weighted by molar-refractivity contribution is 6.30. The smallest absolute Gasteiger partial charge is 0.263 e. The number of benzene rings is 1. The van der Waals surface area contributed by atoms with E-state index in [1.54, 1.807) is 37.6 Å². The number of fused-ring (bicyclic) bond motifs is 1. The molecule has 0 saturated carbocycles. The van der Waals surface area contributed by atoms with Gasteiger partial charge in [0.2, 0.25) is 0 Å². The summed E-state index contributed by atoms with van der Waals surface area (Å²) in [5, 5.41) is 3.85. The number of hydrogen-bond donors (Lipinski definition) is 1. The molecule has 6 heteroatoms. The molecule has 3 rings (SSSR count). The quantitative estimate of drug-likeness (QED) is 0.793. The molecule has 0 atom stereocenters. The van der Waals surface area contributed by atoms with Crippen LogP contribution in [-0.4, -0.2) is 16.5 Å². The predicted octanol–water partition coefficient (Wildman–Crippen LogP) is 3.66. The molecule has 5 nitrogen and oxygen atoms in total. The number of rotatable bonds is 4. The minimum atomic E-state index is -0.104. The van der Waals surface area contributed by atoms with Gasteiger partial charge in [0.05, 0.1) is 12.7 Å². The van der Waals surface area contributed by atoms with Crippen LogP contribution in [0.2, 0.25) is 5.02 Å². The summed E-state index contributed by atoms with van der Waals surface area (Å²) in [5.74, 6) is 1.08. The van der Waals surface area contributed by atoms with Gasteiger partial charge in [-0.05, 0) is 42.8 Å². The Labute approximate surface area is 138 Å². The van der Waals surface area contributed by atoms with Crippen LogP contribution in [0.1, 0.15) is 12.5 Å². The van der Waals surface area contributed by atoms with Gasteiger partial charge in [-0.25, -0.2) is 4.98 Å².